The fourth-order valence-corrected chi connectivity index (χ4v) is 3.20. The lowest BCUT2D eigenvalue weighted by Gasteiger charge is -2.16. The van der Waals surface area contributed by atoms with Gasteiger partial charge in [-0.3, -0.25) is 14.3 Å². The van der Waals surface area contributed by atoms with E-state index < -0.39 is 17.5 Å². The van der Waals surface area contributed by atoms with E-state index in [1.807, 2.05) is 13.8 Å². The lowest BCUT2D eigenvalue weighted by molar-refractivity contribution is -0.0254. The van der Waals surface area contributed by atoms with E-state index in [4.69, 9.17) is 9.47 Å². The van der Waals surface area contributed by atoms with Gasteiger partial charge < -0.3 is 9.47 Å². The standard InChI is InChI=1S/C15H22N2O5S/c1-3-11(4-2)23-15(20)21-9-10-5-6-13(22-10)17-8-7-12(18)16-14(17)19/h7-8,10-11,13H,3-6,9H2,1-2H3,(H,16,18,19). The van der Waals surface area contributed by atoms with Crippen LogP contribution in [0.25, 0.3) is 0 Å². The van der Waals surface area contributed by atoms with Crippen molar-refractivity contribution in [3.05, 3.63) is 33.1 Å². The largest absolute Gasteiger partial charge is 0.455 e. The first-order chi connectivity index (χ1) is 11.0. The molecule has 1 aromatic heterocycles. The molecule has 0 aromatic carbocycles. The van der Waals surface area contributed by atoms with Gasteiger partial charge in [-0.1, -0.05) is 13.8 Å². The quantitative estimate of drug-likeness (QED) is 0.798. The van der Waals surface area contributed by atoms with Gasteiger partial charge in [0, 0.05) is 17.5 Å². The van der Waals surface area contributed by atoms with Crippen LogP contribution in [0, 0.1) is 0 Å². The van der Waals surface area contributed by atoms with Crippen molar-refractivity contribution in [3.8, 4) is 0 Å². The van der Waals surface area contributed by atoms with Crippen LogP contribution in [0.15, 0.2) is 21.9 Å². The molecule has 1 aliphatic heterocycles. The first-order valence-electron chi connectivity index (χ1n) is 7.83. The van der Waals surface area contributed by atoms with E-state index in [0.717, 1.165) is 12.8 Å². The molecule has 2 rings (SSSR count). The highest BCUT2D eigenvalue weighted by atomic mass is 32.2. The van der Waals surface area contributed by atoms with Gasteiger partial charge in [0.15, 0.2) is 0 Å². The summed E-state index contributed by atoms with van der Waals surface area (Å²) in [6.07, 6.45) is 3.93. The molecule has 0 spiro atoms. The first-order valence-corrected chi connectivity index (χ1v) is 8.71. The summed E-state index contributed by atoms with van der Waals surface area (Å²) >= 11 is 1.22. The van der Waals surface area contributed by atoms with Gasteiger partial charge in [0.2, 0.25) is 0 Å². The lowest BCUT2D eigenvalue weighted by atomic mass is 10.2. The van der Waals surface area contributed by atoms with Crippen LogP contribution in [-0.2, 0) is 9.47 Å². The minimum Gasteiger partial charge on any atom is -0.455 e. The number of hydrogen-bond donors (Lipinski definition) is 1. The third-order valence-corrected chi connectivity index (χ3v) is 5.12. The fraction of sp³-hybridized carbons (Fsp3) is 0.667. The molecule has 1 saturated heterocycles. The molecule has 1 aromatic rings. The predicted molar refractivity (Wildman–Crippen MR) is 87.8 cm³/mol. The highest BCUT2D eigenvalue weighted by Crippen LogP contribution is 2.28. The van der Waals surface area contributed by atoms with Crippen molar-refractivity contribution in [1.29, 1.82) is 0 Å². The number of aromatic amines is 1. The Hall–Kier alpha value is -1.54. The fourth-order valence-electron chi connectivity index (χ4n) is 2.45. The molecule has 7 nitrogen and oxygen atoms in total. The van der Waals surface area contributed by atoms with E-state index in [9.17, 15) is 14.4 Å². The van der Waals surface area contributed by atoms with Crippen molar-refractivity contribution in [2.24, 2.45) is 0 Å². The maximum Gasteiger partial charge on any atom is 0.367 e. The van der Waals surface area contributed by atoms with Crippen molar-refractivity contribution in [3.63, 3.8) is 0 Å². The molecule has 0 aliphatic carbocycles. The summed E-state index contributed by atoms with van der Waals surface area (Å²) in [7, 11) is 0. The number of nitrogens with one attached hydrogen (secondary N) is 1. The Kier molecular flexibility index (Phi) is 6.47. The van der Waals surface area contributed by atoms with Gasteiger partial charge >= 0.3 is 11.0 Å². The highest BCUT2D eigenvalue weighted by Gasteiger charge is 2.28. The zero-order valence-electron chi connectivity index (χ0n) is 13.3. The molecule has 1 aliphatic rings. The number of thioether (sulfide) groups is 1. The van der Waals surface area contributed by atoms with Crippen LogP contribution in [0.1, 0.15) is 45.8 Å². The Morgan fingerprint density at radius 3 is 2.83 bits per heavy atom. The van der Waals surface area contributed by atoms with Crippen LogP contribution in [0.3, 0.4) is 0 Å². The van der Waals surface area contributed by atoms with Gasteiger partial charge in [-0.25, -0.2) is 9.59 Å². The maximum absolute atomic E-state index is 11.8. The molecule has 23 heavy (non-hydrogen) atoms. The van der Waals surface area contributed by atoms with E-state index in [2.05, 4.69) is 4.98 Å². The van der Waals surface area contributed by atoms with E-state index in [1.54, 1.807) is 0 Å². The molecule has 0 amide bonds. The number of hydrogen-bond acceptors (Lipinski definition) is 6. The Labute approximate surface area is 138 Å². The number of ether oxygens (including phenoxy) is 2. The van der Waals surface area contributed by atoms with Gasteiger partial charge in [-0.15, -0.1) is 0 Å². The van der Waals surface area contributed by atoms with Crippen LogP contribution in [0.5, 0.6) is 0 Å². The summed E-state index contributed by atoms with van der Waals surface area (Å²) in [6, 6.07) is 1.28. The van der Waals surface area contributed by atoms with Crippen molar-refractivity contribution in [1.82, 2.24) is 9.55 Å². The Morgan fingerprint density at radius 2 is 2.17 bits per heavy atom. The second-order valence-corrected chi connectivity index (χ2v) is 6.66. The number of carbonyl (C=O) groups is 1. The van der Waals surface area contributed by atoms with Crippen molar-refractivity contribution in [2.45, 2.75) is 57.1 Å². The summed E-state index contributed by atoms with van der Waals surface area (Å²) < 4.78 is 12.3. The molecular formula is C15H22N2O5S. The number of carbonyl (C=O) groups excluding carboxylic acids is 1. The molecule has 0 bridgehead atoms. The molecule has 2 unspecified atom stereocenters. The van der Waals surface area contributed by atoms with Gasteiger partial charge in [0.25, 0.3) is 5.56 Å². The van der Waals surface area contributed by atoms with Gasteiger partial charge in [-0.2, -0.15) is 0 Å². The average molecular weight is 342 g/mol. The van der Waals surface area contributed by atoms with Crippen LogP contribution >= 0.6 is 11.8 Å². The minimum atomic E-state index is -0.496. The average Bonchev–Trinajstić information content (AvgIpc) is 2.99. The van der Waals surface area contributed by atoms with Gasteiger partial charge in [0.05, 0.1) is 6.10 Å². The molecule has 1 N–H and O–H groups in total. The molecular weight excluding hydrogens is 320 g/mol. The van der Waals surface area contributed by atoms with E-state index >= 15 is 0 Å². The minimum absolute atomic E-state index is 0.181. The maximum atomic E-state index is 11.8. The lowest BCUT2D eigenvalue weighted by Crippen LogP contribution is -2.31. The summed E-state index contributed by atoms with van der Waals surface area (Å²) in [4.78, 5) is 36.8. The molecule has 0 radical (unpaired) electrons. The highest BCUT2D eigenvalue weighted by molar-refractivity contribution is 8.13. The molecule has 8 heteroatoms. The smallest absolute Gasteiger partial charge is 0.367 e. The van der Waals surface area contributed by atoms with Crippen LogP contribution in [-0.4, -0.2) is 32.8 Å². The van der Waals surface area contributed by atoms with E-state index in [1.165, 1.54) is 28.6 Å². The summed E-state index contributed by atoms with van der Waals surface area (Å²) in [5.74, 6) is 0. The Bertz CT molecular complexity index is 637. The van der Waals surface area contributed by atoms with Crippen LogP contribution in [0.2, 0.25) is 0 Å². The van der Waals surface area contributed by atoms with Crippen LogP contribution < -0.4 is 11.2 Å². The second-order valence-electron chi connectivity index (χ2n) is 5.42. The molecule has 128 valence electrons. The summed E-state index contributed by atoms with van der Waals surface area (Å²) in [5, 5.41) is -0.00794. The van der Waals surface area contributed by atoms with Crippen molar-refractivity contribution < 1.29 is 14.3 Å². The van der Waals surface area contributed by atoms with Gasteiger partial charge in [0.1, 0.15) is 12.8 Å². The monoisotopic (exact) mass is 342 g/mol. The van der Waals surface area contributed by atoms with E-state index in [0.29, 0.717) is 12.8 Å². The zero-order chi connectivity index (χ0) is 16.8. The molecule has 2 heterocycles. The first kappa shape index (κ1) is 17.8. The van der Waals surface area contributed by atoms with Gasteiger partial charge in [-0.05, 0) is 37.4 Å². The number of H-pyrrole nitrogens is 1. The summed E-state index contributed by atoms with van der Waals surface area (Å²) in [5.41, 5.74) is -0.933. The second kappa shape index (κ2) is 8.35. The zero-order valence-corrected chi connectivity index (χ0v) is 14.1. The third-order valence-electron chi connectivity index (χ3n) is 3.81. The summed E-state index contributed by atoms with van der Waals surface area (Å²) in [6.45, 7) is 4.27. The third kappa shape index (κ3) is 4.97. The SMILES string of the molecule is CCC(CC)SC(=O)OCC1CCC(n2ccc(=O)[nH]c2=O)O1. The normalized spacial score (nSPS) is 20.8. The number of aromatic nitrogens is 2. The van der Waals surface area contributed by atoms with Crippen molar-refractivity contribution >= 4 is 17.1 Å². The van der Waals surface area contributed by atoms with E-state index in [-0.39, 0.29) is 23.3 Å². The predicted octanol–water partition coefficient (Wildman–Crippen LogP) is 2.27. The van der Waals surface area contributed by atoms with Crippen LogP contribution in [0.4, 0.5) is 4.79 Å². The molecule has 0 saturated carbocycles. The Morgan fingerprint density at radius 1 is 1.43 bits per heavy atom. The topological polar surface area (TPSA) is 90.4 Å². The molecule has 2 atom stereocenters. The van der Waals surface area contributed by atoms with Crippen molar-refractivity contribution in [2.75, 3.05) is 6.61 Å². The number of rotatable bonds is 6. The number of nitrogens with zero attached hydrogens (tertiary/aromatic N) is 1. The molecule has 1 fully saturated rings. The Balaban J connectivity index is 1.82.